The van der Waals surface area contributed by atoms with E-state index in [1.54, 1.807) is 36.3 Å². The molecule has 0 unspecified atom stereocenters. The van der Waals surface area contributed by atoms with Crippen molar-refractivity contribution >= 4 is 11.9 Å². The molecule has 0 spiro atoms. The van der Waals surface area contributed by atoms with Gasteiger partial charge in [-0.25, -0.2) is 0 Å². The molecule has 1 saturated heterocycles. The van der Waals surface area contributed by atoms with Crippen LogP contribution in [-0.4, -0.2) is 50.2 Å². The summed E-state index contributed by atoms with van der Waals surface area (Å²) in [6.07, 6.45) is 1.34. The molecule has 132 valence electrons. The Balaban J connectivity index is 1.92. The summed E-state index contributed by atoms with van der Waals surface area (Å²) in [6.45, 7) is 3.04. The predicted molar refractivity (Wildman–Crippen MR) is 89.0 cm³/mol. The number of piperidine rings is 1. The number of hydrogen-bond donors (Lipinski definition) is 0. The second kappa shape index (κ2) is 8.57. The zero-order chi connectivity index (χ0) is 17.5. The van der Waals surface area contributed by atoms with E-state index in [0.29, 0.717) is 38.1 Å². The van der Waals surface area contributed by atoms with Crippen LogP contribution in [0.5, 0.6) is 11.5 Å². The van der Waals surface area contributed by atoms with Gasteiger partial charge >= 0.3 is 5.97 Å². The van der Waals surface area contributed by atoms with Gasteiger partial charge in [0.15, 0.2) is 6.10 Å². The molecule has 0 radical (unpaired) electrons. The van der Waals surface area contributed by atoms with Crippen LogP contribution in [0.1, 0.15) is 26.2 Å². The second-order valence-corrected chi connectivity index (χ2v) is 5.81. The molecule has 6 nitrogen and oxygen atoms in total. The average Bonchev–Trinajstić information content (AvgIpc) is 2.65. The number of hydrogen-bond acceptors (Lipinski definition) is 5. The summed E-state index contributed by atoms with van der Waals surface area (Å²) in [7, 11) is 3.00. The van der Waals surface area contributed by atoms with Crippen LogP contribution in [0.3, 0.4) is 0 Å². The zero-order valence-electron chi connectivity index (χ0n) is 14.5. The third-order valence-corrected chi connectivity index (χ3v) is 4.33. The fourth-order valence-electron chi connectivity index (χ4n) is 2.83. The van der Waals surface area contributed by atoms with Crippen LogP contribution in [0.15, 0.2) is 24.3 Å². The smallest absolute Gasteiger partial charge is 0.308 e. The number of esters is 1. The van der Waals surface area contributed by atoms with Crippen molar-refractivity contribution in [1.82, 2.24) is 4.90 Å². The Labute approximate surface area is 142 Å². The Kier molecular flexibility index (Phi) is 6.46. The molecule has 0 N–H and O–H groups in total. The van der Waals surface area contributed by atoms with Crippen molar-refractivity contribution in [3.05, 3.63) is 24.3 Å². The molecule has 2 rings (SSSR count). The first-order valence-electron chi connectivity index (χ1n) is 8.26. The molecule has 0 bridgehead atoms. The van der Waals surface area contributed by atoms with E-state index in [1.807, 2.05) is 6.92 Å². The molecular weight excluding hydrogens is 310 g/mol. The van der Waals surface area contributed by atoms with Crippen molar-refractivity contribution in [1.29, 1.82) is 0 Å². The highest BCUT2D eigenvalue weighted by Gasteiger charge is 2.31. The summed E-state index contributed by atoms with van der Waals surface area (Å²) >= 11 is 0. The van der Waals surface area contributed by atoms with Crippen molar-refractivity contribution in [2.45, 2.75) is 32.3 Å². The lowest BCUT2D eigenvalue weighted by Gasteiger charge is -2.33. The maximum absolute atomic E-state index is 12.7. The van der Waals surface area contributed by atoms with E-state index in [1.165, 1.54) is 7.11 Å². The van der Waals surface area contributed by atoms with Gasteiger partial charge in [-0.1, -0.05) is 6.92 Å². The molecule has 1 amide bonds. The first-order valence-corrected chi connectivity index (χ1v) is 8.26. The van der Waals surface area contributed by atoms with Crippen molar-refractivity contribution in [2.24, 2.45) is 5.92 Å². The van der Waals surface area contributed by atoms with Crippen LogP contribution >= 0.6 is 0 Å². The van der Waals surface area contributed by atoms with E-state index in [2.05, 4.69) is 0 Å². The van der Waals surface area contributed by atoms with E-state index in [9.17, 15) is 9.59 Å². The van der Waals surface area contributed by atoms with Gasteiger partial charge in [-0.3, -0.25) is 9.59 Å². The molecule has 1 aliphatic rings. The van der Waals surface area contributed by atoms with Crippen molar-refractivity contribution in [2.75, 3.05) is 27.3 Å². The number of methoxy groups -OCH3 is 2. The van der Waals surface area contributed by atoms with E-state index in [-0.39, 0.29) is 17.8 Å². The van der Waals surface area contributed by atoms with Crippen molar-refractivity contribution in [3.8, 4) is 11.5 Å². The SMILES string of the molecule is CC[C@H](Oc1ccc(OC)cc1)C(=O)N1CCC(C(=O)OC)CC1. The summed E-state index contributed by atoms with van der Waals surface area (Å²) in [5, 5.41) is 0. The lowest BCUT2D eigenvalue weighted by Crippen LogP contribution is -2.46. The molecule has 24 heavy (non-hydrogen) atoms. The Morgan fingerprint density at radius 3 is 2.21 bits per heavy atom. The molecule has 0 aliphatic carbocycles. The van der Waals surface area contributed by atoms with Crippen molar-refractivity contribution < 1.29 is 23.8 Å². The fourth-order valence-corrected chi connectivity index (χ4v) is 2.83. The minimum atomic E-state index is -0.520. The highest BCUT2D eigenvalue weighted by Crippen LogP contribution is 2.22. The van der Waals surface area contributed by atoms with Gasteiger partial charge in [0.1, 0.15) is 11.5 Å². The van der Waals surface area contributed by atoms with Crippen LogP contribution in [0.4, 0.5) is 0 Å². The summed E-state index contributed by atoms with van der Waals surface area (Å²) in [5.74, 6) is 1.05. The quantitative estimate of drug-likeness (QED) is 0.746. The molecule has 1 atom stereocenters. The largest absolute Gasteiger partial charge is 0.497 e. The third-order valence-electron chi connectivity index (χ3n) is 4.33. The molecule has 0 aromatic heterocycles. The third kappa shape index (κ3) is 4.40. The number of carbonyl (C=O) groups excluding carboxylic acids is 2. The summed E-state index contributed by atoms with van der Waals surface area (Å²) in [5.41, 5.74) is 0. The van der Waals surface area contributed by atoms with Gasteiger partial charge in [-0.15, -0.1) is 0 Å². The number of nitrogens with zero attached hydrogens (tertiary/aromatic N) is 1. The van der Waals surface area contributed by atoms with Gasteiger partial charge < -0.3 is 19.1 Å². The summed E-state index contributed by atoms with van der Waals surface area (Å²) < 4.78 is 15.7. The van der Waals surface area contributed by atoms with E-state index in [0.717, 1.165) is 5.75 Å². The molecular formula is C18H25NO5. The molecule has 1 aromatic carbocycles. The van der Waals surface area contributed by atoms with Crippen LogP contribution in [0, 0.1) is 5.92 Å². The highest BCUT2D eigenvalue weighted by atomic mass is 16.5. The van der Waals surface area contributed by atoms with Crippen molar-refractivity contribution in [3.63, 3.8) is 0 Å². The standard InChI is InChI=1S/C18H25NO5/c1-4-16(24-15-7-5-14(22-2)6-8-15)17(20)19-11-9-13(10-12-19)18(21)23-3/h5-8,13,16H,4,9-12H2,1-3H3/t16-/m0/s1. The lowest BCUT2D eigenvalue weighted by molar-refractivity contribution is -0.150. The maximum Gasteiger partial charge on any atom is 0.308 e. The topological polar surface area (TPSA) is 65.1 Å². The predicted octanol–water partition coefficient (Wildman–Crippen LogP) is 2.26. The molecule has 1 heterocycles. The van der Waals surface area contributed by atoms with Crippen LogP contribution < -0.4 is 9.47 Å². The van der Waals surface area contributed by atoms with Gasteiger partial charge in [0.2, 0.25) is 0 Å². The normalized spacial score (nSPS) is 16.4. The van der Waals surface area contributed by atoms with Crippen LogP contribution in [0.25, 0.3) is 0 Å². The maximum atomic E-state index is 12.7. The number of amides is 1. The first kappa shape index (κ1) is 18.1. The monoisotopic (exact) mass is 335 g/mol. The minimum absolute atomic E-state index is 0.0309. The zero-order valence-corrected chi connectivity index (χ0v) is 14.5. The molecule has 1 fully saturated rings. The lowest BCUT2D eigenvalue weighted by atomic mass is 9.96. The van der Waals surface area contributed by atoms with Gasteiger partial charge in [-0.2, -0.15) is 0 Å². The van der Waals surface area contributed by atoms with Gasteiger partial charge in [0, 0.05) is 13.1 Å². The summed E-state index contributed by atoms with van der Waals surface area (Å²) in [6, 6.07) is 7.18. The number of benzene rings is 1. The Morgan fingerprint density at radius 1 is 1.12 bits per heavy atom. The number of carbonyl (C=O) groups is 2. The number of ether oxygens (including phenoxy) is 3. The Bertz CT molecular complexity index is 549. The average molecular weight is 335 g/mol. The van der Waals surface area contributed by atoms with Gasteiger partial charge in [0.25, 0.3) is 5.91 Å². The Morgan fingerprint density at radius 2 is 1.71 bits per heavy atom. The minimum Gasteiger partial charge on any atom is -0.497 e. The molecule has 0 saturated carbocycles. The van der Waals surface area contributed by atoms with Crippen LogP contribution in [0.2, 0.25) is 0 Å². The van der Waals surface area contributed by atoms with Gasteiger partial charge in [0.05, 0.1) is 20.1 Å². The first-order chi connectivity index (χ1) is 11.6. The van der Waals surface area contributed by atoms with E-state index in [4.69, 9.17) is 14.2 Å². The second-order valence-electron chi connectivity index (χ2n) is 5.81. The highest BCUT2D eigenvalue weighted by molar-refractivity contribution is 5.81. The molecule has 1 aliphatic heterocycles. The van der Waals surface area contributed by atoms with E-state index < -0.39 is 6.10 Å². The molecule has 6 heteroatoms. The summed E-state index contributed by atoms with van der Waals surface area (Å²) in [4.78, 5) is 26.0. The number of rotatable bonds is 6. The van der Waals surface area contributed by atoms with Gasteiger partial charge in [-0.05, 0) is 43.5 Å². The fraction of sp³-hybridized carbons (Fsp3) is 0.556. The van der Waals surface area contributed by atoms with Crippen LogP contribution in [-0.2, 0) is 14.3 Å². The molecule has 1 aromatic rings. The Hall–Kier alpha value is -2.24. The number of likely N-dealkylation sites (tertiary alicyclic amines) is 1. The van der Waals surface area contributed by atoms with E-state index >= 15 is 0 Å².